The number of aromatic nitrogens is 4. The number of methoxy groups -OCH3 is 1. The summed E-state index contributed by atoms with van der Waals surface area (Å²) in [5.74, 6) is 2.13. The molecule has 2 aromatic carbocycles. The van der Waals surface area contributed by atoms with Crippen molar-refractivity contribution in [3.63, 3.8) is 0 Å². The van der Waals surface area contributed by atoms with E-state index in [0.717, 1.165) is 55.7 Å². The van der Waals surface area contributed by atoms with Crippen LogP contribution >= 0.6 is 0 Å². The van der Waals surface area contributed by atoms with Crippen molar-refractivity contribution in [3.05, 3.63) is 59.9 Å². The van der Waals surface area contributed by atoms with Gasteiger partial charge in [-0.15, -0.1) is 5.10 Å². The van der Waals surface area contributed by atoms with Crippen LogP contribution in [-0.2, 0) is 9.47 Å². The number of hydrogen-bond acceptors (Lipinski definition) is 8. The van der Waals surface area contributed by atoms with Gasteiger partial charge in [0.05, 0.1) is 38.2 Å². The molecular formula is C27H36N6O3. The Balaban J connectivity index is 1.51. The quantitative estimate of drug-likeness (QED) is 0.436. The lowest BCUT2D eigenvalue weighted by molar-refractivity contribution is -0.00738. The highest BCUT2D eigenvalue weighted by atomic mass is 16.5. The normalized spacial score (nSPS) is 18.0. The van der Waals surface area contributed by atoms with E-state index in [1.807, 2.05) is 28.9 Å². The molecule has 0 bridgehead atoms. The van der Waals surface area contributed by atoms with Gasteiger partial charge in [0.25, 0.3) is 0 Å². The van der Waals surface area contributed by atoms with Crippen molar-refractivity contribution in [2.24, 2.45) is 5.92 Å². The molecule has 2 fully saturated rings. The average Bonchev–Trinajstić information content (AvgIpc) is 3.38. The lowest BCUT2D eigenvalue weighted by Gasteiger charge is -2.35. The van der Waals surface area contributed by atoms with Crippen molar-refractivity contribution in [3.8, 4) is 11.4 Å². The second-order valence-corrected chi connectivity index (χ2v) is 9.33. The molecule has 9 nitrogen and oxygen atoms in total. The number of tetrazole rings is 1. The van der Waals surface area contributed by atoms with Crippen molar-refractivity contribution in [2.75, 3.05) is 51.5 Å². The first-order valence-electron chi connectivity index (χ1n) is 13.0. The molecule has 2 heterocycles. The average molecular weight is 493 g/mol. The third kappa shape index (κ3) is 5.38. The Kier molecular flexibility index (Phi) is 8.10. The summed E-state index contributed by atoms with van der Waals surface area (Å²) in [5.41, 5.74) is 3.21. The Hall–Kier alpha value is -3.01. The van der Waals surface area contributed by atoms with E-state index in [1.54, 1.807) is 7.11 Å². The van der Waals surface area contributed by atoms with Crippen LogP contribution in [0.15, 0.2) is 48.5 Å². The molecular weight excluding hydrogens is 456 g/mol. The van der Waals surface area contributed by atoms with Gasteiger partial charge in [0.1, 0.15) is 5.75 Å². The minimum Gasteiger partial charge on any atom is -0.497 e. The fraction of sp³-hybridized carbons (Fsp3) is 0.519. The first-order valence-corrected chi connectivity index (χ1v) is 13.0. The van der Waals surface area contributed by atoms with Crippen LogP contribution in [0.4, 0.5) is 5.69 Å². The van der Waals surface area contributed by atoms with Gasteiger partial charge in [0.2, 0.25) is 0 Å². The van der Waals surface area contributed by atoms with Crippen LogP contribution in [0.25, 0.3) is 5.69 Å². The lowest BCUT2D eigenvalue weighted by Crippen LogP contribution is -2.41. The molecule has 3 aromatic rings. The van der Waals surface area contributed by atoms with Crippen molar-refractivity contribution in [2.45, 2.75) is 38.3 Å². The number of rotatable bonds is 11. The molecule has 1 aliphatic heterocycles. The summed E-state index contributed by atoms with van der Waals surface area (Å²) in [5, 5.41) is 16.8. The standard InChI is InChI=1S/C27H36N6O3/c1-3-36-25(20-7-6-8-20)19-28-26(23-9-4-5-10-24(23)32-15-17-35-18-16-32)27-29-30-31-33(27)21-11-13-22(34-2)14-12-21/h4-5,9-14,20,25-26,28H,3,6-8,15-19H2,1-2H3. The predicted molar refractivity (Wildman–Crippen MR) is 138 cm³/mol. The summed E-state index contributed by atoms with van der Waals surface area (Å²) in [6.45, 7) is 6.68. The maximum absolute atomic E-state index is 6.17. The number of anilines is 1. The van der Waals surface area contributed by atoms with E-state index in [-0.39, 0.29) is 12.1 Å². The van der Waals surface area contributed by atoms with E-state index in [0.29, 0.717) is 12.5 Å². The molecule has 192 valence electrons. The largest absolute Gasteiger partial charge is 0.497 e. The molecule has 1 N–H and O–H groups in total. The van der Waals surface area contributed by atoms with E-state index in [4.69, 9.17) is 14.2 Å². The van der Waals surface area contributed by atoms with Gasteiger partial charge in [-0.05, 0) is 66.4 Å². The molecule has 1 aliphatic carbocycles. The Bertz CT molecular complexity index is 1090. The van der Waals surface area contributed by atoms with Crippen LogP contribution < -0.4 is 15.0 Å². The number of ether oxygens (including phenoxy) is 3. The number of benzene rings is 2. The molecule has 2 aliphatic rings. The first-order chi connectivity index (χ1) is 17.8. The lowest BCUT2D eigenvalue weighted by atomic mass is 9.81. The van der Waals surface area contributed by atoms with Gasteiger partial charge in [-0.2, -0.15) is 4.68 Å². The fourth-order valence-corrected chi connectivity index (χ4v) is 5.07. The van der Waals surface area contributed by atoms with Gasteiger partial charge in [-0.1, -0.05) is 24.6 Å². The van der Waals surface area contributed by atoms with E-state index in [2.05, 4.69) is 56.9 Å². The molecule has 2 unspecified atom stereocenters. The number of nitrogens with zero attached hydrogens (tertiary/aromatic N) is 5. The third-order valence-electron chi connectivity index (χ3n) is 7.25. The molecule has 0 spiro atoms. The molecule has 2 atom stereocenters. The molecule has 1 saturated carbocycles. The first kappa shape index (κ1) is 24.7. The zero-order valence-electron chi connectivity index (χ0n) is 21.2. The monoisotopic (exact) mass is 492 g/mol. The van der Waals surface area contributed by atoms with Crippen LogP contribution in [0.2, 0.25) is 0 Å². The Morgan fingerprint density at radius 2 is 1.86 bits per heavy atom. The van der Waals surface area contributed by atoms with Gasteiger partial charge in [0.15, 0.2) is 5.82 Å². The summed E-state index contributed by atoms with van der Waals surface area (Å²) in [6, 6.07) is 16.1. The van der Waals surface area contributed by atoms with E-state index in [1.165, 1.54) is 24.9 Å². The molecule has 0 amide bonds. The summed E-state index contributed by atoms with van der Waals surface area (Å²) in [6.07, 6.45) is 3.91. The molecule has 0 radical (unpaired) electrons. The van der Waals surface area contributed by atoms with Crippen molar-refractivity contribution in [1.82, 2.24) is 25.5 Å². The van der Waals surface area contributed by atoms with Gasteiger partial charge in [0, 0.05) is 37.5 Å². The summed E-state index contributed by atoms with van der Waals surface area (Å²) in [4.78, 5) is 2.39. The Morgan fingerprint density at radius 3 is 2.56 bits per heavy atom. The summed E-state index contributed by atoms with van der Waals surface area (Å²) in [7, 11) is 1.66. The minimum atomic E-state index is -0.218. The Morgan fingerprint density at radius 1 is 1.08 bits per heavy atom. The predicted octanol–water partition coefficient (Wildman–Crippen LogP) is 3.39. The van der Waals surface area contributed by atoms with Crippen LogP contribution in [0, 0.1) is 5.92 Å². The van der Waals surface area contributed by atoms with Crippen molar-refractivity contribution < 1.29 is 14.2 Å². The van der Waals surface area contributed by atoms with Crippen LogP contribution in [-0.4, -0.2) is 72.9 Å². The van der Waals surface area contributed by atoms with Crippen LogP contribution in [0.3, 0.4) is 0 Å². The maximum atomic E-state index is 6.17. The highest BCUT2D eigenvalue weighted by Gasteiger charge is 2.31. The smallest absolute Gasteiger partial charge is 0.178 e. The Labute approximate surface area is 212 Å². The molecule has 9 heteroatoms. The summed E-state index contributed by atoms with van der Waals surface area (Å²) >= 11 is 0. The number of nitrogens with one attached hydrogen (secondary N) is 1. The van der Waals surface area contributed by atoms with Gasteiger partial charge in [-0.3, -0.25) is 0 Å². The van der Waals surface area contributed by atoms with E-state index < -0.39 is 0 Å². The molecule has 5 rings (SSSR count). The van der Waals surface area contributed by atoms with Crippen molar-refractivity contribution in [1.29, 1.82) is 0 Å². The molecule has 1 aromatic heterocycles. The topological polar surface area (TPSA) is 86.6 Å². The minimum absolute atomic E-state index is 0.173. The molecule has 36 heavy (non-hydrogen) atoms. The molecule has 1 saturated heterocycles. The van der Waals surface area contributed by atoms with Crippen molar-refractivity contribution >= 4 is 5.69 Å². The van der Waals surface area contributed by atoms with Crippen LogP contribution in [0.1, 0.15) is 43.6 Å². The summed E-state index contributed by atoms with van der Waals surface area (Å²) < 4.78 is 18.9. The SMILES string of the molecule is CCOC(CNC(c1ccccc1N1CCOCC1)c1nnnn1-c1ccc(OC)cc1)C1CCC1. The third-order valence-corrected chi connectivity index (χ3v) is 7.25. The number of para-hydroxylation sites is 1. The highest BCUT2D eigenvalue weighted by molar-refractivity contribution is 5.57. The van der Waals surface area contributed by atoms with Gasteiger partial charge < -0.3 is 24.4 Å². The second kappa shape index (κ2) is 11.8. The van der Waals surface area contributed by atoms with E-state index in [9.17, 15) is 0 Å². The van der Waals surface area contributed by atoms with Gasteiger partial charge in [-0.25, -0.2) is 0 Å². The van der Waals surface area contributed by atoms with Gasteiger partial charge >= 0.3 is 0 Å². The zero-order valence-corrected chi connectivity index (χ0v) is 21.2. The van der Waals surface area contributed by atoms with E-state index >= 15 is 0 Å². The number of hydrogen-bond donors (Lipinski definition) is 1. The second-order valence-electron chi connectivity index (χ2n) is 9.33. The highest BCUT2D eigenvalue weighted by Crippen LogP contribution is 2.34. The fourth-order valence-electron chi connectivity index (χ4n) is 5.07. The number of morpholine rings is 1. The maximum Gasteiger partial charge on any atom is 0.178 e. The zero-order chi connectivity index (χ0) is 24.7. The van der Waals surface area contributed by atoms with Crippen LogP contribution in [0.5, 0.6) is 5.75 Å².